The van der Waals surface area contributed by atoms with Gasteiger partial charge in [-0.2, -0.15) is 0 Å². The van der Waals surface area contributed by atoms with Gasteiger partial charge in [-0.15, -0.1) is 22.7 Å². The summed E-state index contributed by atoms with van der Waals surface area (Å²) in [6.07, 6.45) is 1.14. The Morgan fingerprint density at radius 2 is 2.30 bits per heavy atom. The van der Waals surface area contributed by atoms with E-state index in [0.29, 0.717) is 12.6 Å². The number of nitrogens with zero attached hydrogens (tertiary/aromatic N) is 1. The van der Waals surface area contributed by atoms with Crippen LogP contribution in [0, 0.1) is 0 Å². The summed E-state index contributed by atoms with van der Waals surface area (Å²) in [5.74, 6) is 0.0417. The molecule has 0 aliphatic carbocycles. The largest absolute Gasteiger partial charge is 0.350 e. The molecule has 3 rings (SSSR count). The van der Waals surface area contributed by atoms with E-state index in [2.05, 4.69) is 28.6 Å². The average Bonchev–Trinajstić information content (AvgIpc) is 3.13. The minimum atomic E-state index is 0.0417. The summed E-state index contributed by atoms with van der Waals surface area (Å²) >= 11 is 3.35. The van der Waals surface area contributed by atoms with Gasteiger partial charge in [-0.3, -0.25) is 9.69 Å². The molecule has 0 saturated carbocycles. The first-order chi connectivity index (χ1) is 9.74. The van der Waals surface area contributed by atoms with Crippen LogP contribution >= 0.6 is 22.7 Å². The minimum absolute atomic E-state index is 0.0417. The van der Waals surface area contributed by atoms with Crippen molar-refractivity contribution in [1.82, 2.24) is 10.2 Å². The zero-order valence-electron chi connectivity index (χ0n) is 11.5. The quantitative estimate of drug-likeness (QED) is 0.942. The van der Waals surface area contributed by atoms with Crippen molar-refractivity contribution in [2.75, 3.05) is 13.1 Å². The van der Waals surface area contributed by atoms with Crippen LogP contribution in [0.4, 0.5) is 0 Å². The summed E-state index contributed by atoms with van der Waals surface area (Å²) in [5.41, 5.74) is 1.46. The van der Waals surface area contributed by atoms with Crippen molar-refractivity contribution in [2.24, 2.45) is 0 Å². The van der Waals surface area contributed by atoms with Crippen molar-refractivity contribution in [3.05, 3.63) is 44.3 Å². The summed E-state index contributed by atoms with van der Waals surface area (Å²) < 4.78 is 0. The van der Waals surface area contributed by atoms with Crippen LogP contribution in [0.1, 0.15) is 27.0 Å². The van der Waals surface area contributed by atoms with Crippen molar-refractivity contribution in [2.45, 2.75) is 25.9 Å². The highest BCUT2D eigenvalue weighted by Gasteiger charge is 2.21. The van der Waals surface area contributed by atoms with Crippen molar-refractivity contribution < 1.29 is 4.79 Å². The van der Waals surface area contributed by atoms with E-state index in [0.717, 1.165) is 24.4 Å². The van der Waals surface area contributed by atoms with E-state index in [9.17, 15) is 4.79 Å². The maximum atomic E-state index is 11.9. The van der Waals surface area contributed by atoms with E-state index in [1.807, 2.05) is 28.8 Å². The molecule has 0 fully saturated rings. The predicted octanol–water partition coefficient (Wildman–Crippen LogP) is 2.99. The van der Waals surface area contributed by atoms with Gasteiger partial charge in [0.2, 0.25) is 0 Å². The van der Waals surface area contributed by atoms with E-state index in [1.165, 1.54) is 21.8 Å². The molecule has 0 aromatic carbocycles. The van der Waals surface area contributed by atoms with Crippen LogP contribution in [0.2, 0.25) is 0 Å². The second kappa shape index (κ2) is 6.08. The fourth-order valence-electron chi connectivity index (χ4n) is 2.51. The monoisotopic (exact) mass is 306 g/mol. The van der Waals surface area contributed by atoms with Crippen LogP contribution in [-0.2, 0) is 13.0 Å². The molecule has 3 nitrogen and oxygen atoms in total. The number of fused-ring (bicyclic) bond motifs is 1. The number of hydrogen-bond acceptors (Lipinski definition) is 4. The zero-order valence-corrected chi connectivity index (χ0v) is 13.1. The molecule has 5 heteroatoms. The molecule has 2 aromatic rings. The van der Waals surface area contributed by atoms with Crippen molar-refractivity contribution in [3.8, 4) is 0 Å². The highest BCUT2D eigenvalue weighted by Crippen LogP contribution is 2.24. The second-order valence-corrected chi connectivity index (χ2v) is 7.07. The van der Waals surface area contributed by atoms with Gasteiger partial charge in [0, 0.05) is 30.6 Å². The summed E-state index contributed by atoms with van der Waals surface area (Å²) in [6.45, 7) is 4.99. The molecule has 1 aliphatic heterocycles. The lowest BCUT2D eigenvalue weighted by Crippen LogP contribution is -2.44. The second-order valence-electron chi connectivity index (χ2n) is 5.13. The predicted molar refractivity (Wildman–Crippen MR) is 84.5 cm³/mol. The van der Waals surface area contributed by atoms with Crippen LogP contribution in [0.5, 0.6) is 0 Å². The number of amides is 1. The van der Waals surface area contributed by atoms with Crippen molar-refractivity contribution in [1.29, 1.82) is 0 Å². The molecule has 106 valence electrons. The molecule has 1 aliphatic rings. The number of carbonyl (C=O) groups excluding carboxylic acids is 1. The lowest BCUT2D eigenvalue weighted by molar-refractivity contribution is 0.0937. The van der Waals surface area contributed by atoms with Crippen LogP contribution in [0.25, 0.3) is 0 Å². The van der Waals surface area contributed by atoms with Crippen LogP contribution in [0.3, 0.4) is 0 Å². The number of hydrogen-bond donors (Lipinski definition) is 1. The Labute approximate surface area is 127 Å². The van der Waals surface area contributed by atoms with Gasteiger partial charge in [-0.25, -0.2) is 0 Å². The molecule has 1 amide bonds. The molecule has 0 saturated heterocycles. The molecule has 1 N–H and O–H groups in total. The van der Waals surface area contributed by atoms with E-state index in [4.69, 9.17) is 0 Å². The number of thiophene rings is 2. The molecule has 1 atom stereocenters. The summed E-state index contributed by atoms with van der Waals surface area (Å²) in [6, 6.07) is 6.37. The van der Waals surface area contributed by atoms with Gasteiger partial charge in [0.15, 0.2) is 0 Å². The molecular formula is C15H18N2OS2. The van der Waals surface area contributed by atoms with Gasteiger partial charge in [0.05, 0.1) is 4.88 Å². The standard InChI is InChI=1S/C15H18N2OS2/c1-11(9-16-15(18)14-3-2-7-19-14)17-6-4-13-12(10-17)5-8-20-13/h2-3,5,7-8,11H,4,6,9-10H2,1H3,(H,16,18)/t11-/m1/s1. The lowest BCUT2D eigenvalue weighted by atomic mass is 10.1. The SMILES string of the molecule is C[C@H](CNC(=O)c1cccs1)N1CCc2sccc2C1. The Balaban J connectivity index is 1.53. The molecular weight excluding hydrogens is 288 g/mol. The van der Waals surface area contributed by atoms with Gasteiger partial charge < -0.3 is 5.32 Å². The lowest BCUT2D eigenvalue weighted by Gasteiger charge is -2.32. The normalized spacial score (nSPS) is 16.6. The molecule has 0 spiro atoms. The maximum absolute atomic E-state index is 11.9. The Bertz CT molecular complexity index is 576. The first-order valence-corrected chi connectivity index (χ1v) is 8.61. The van der Waals surface area contributed by atoms with Crippen molar-refractivity contribution in [3.63, 3.8) is 0 Å². The van der Waals surface area contributed by atoms with Crippen molar-refractivity contribution >= 4 is 28.6 Å². The third kappa shape index (κ3) is 2.95. The highest BCUT2D eigenvalue weighted by molar-refractivity contribution is 7.12. The van der Waals surface area contributed by atoms with Gasteiger partial charge in [-0.05, 0) is 41.8 Å². The number of nitrogens with one attached hydrogen (secondary N) is 1. The van der Waals surface area contributed by atoms with Gasteiger partial charge in [0.1, 0.15) is 0 Å². The molecule has 20 heavy (non-hydrogen) atoms. The average molecular weight is 306 g/mol. The van der Waals surface area contributed by atoms with Gasteiger partial charge in [-0.1, -0.05) is 6.07 Å². The molecule has 0 unspecified atom stereocenters. The molecule has 0 bridgehead atoms. The number of rotatable bonds is 4. The van der Waals surface area contributed by atoms with Crippen LogP contribution in [0.15, 0.2) is 29.0 Å². The zero-order chi connectivity index (χ0) is 13.9. The highest BCUT2D eigenvalue weighted by atomic mass is 32.1. The summed E-state index contributed by atoms with van der Waals surface area (Å²) in [7, 11) is 0. The van der Waals surface area contributed by atoms with E-state index < -0.39 is 0 Å². The fourth-order valence-corrected chi connectivity index (χ4v) is 4.04. The third-order valence-corrected chi connectivity index (χ3v) is 5.66. The smallest absolute Gasteiger partial charge is 0.261 e. The van der Waals surface area contributed by atoms with Gasteiger partial charge in [0.25, 0.3) is 5.91 Å². The topological polar surface area (TPSA) is 32.3 Å². The van der Waals surface area contributed by atoms with Crippen LogP contribution < -0.4 is 5.32 Å². The Kier molecular flexibility index (Phi) is 4.19. The molecule has 2 aromatic heterocycles. The minimum Gasteiger partial charge on any atom is -0.350 e. The first kappa shape index (κ1) is 13.8. The summed E-state index contributed by atoms with van der Waals surface area (Å²) in [4.78, 5) is 16.7. The van der Waals surface area contributed by atoms with E-state index in [-0.39, 0.29) is 5.91 Å². The molecule has 3 heterocycles. The summed E-state index contributed by atoms with van der Waals surface area (Å²) in [5, 5.41) is 7.14. The molecule has 0 radical (unpaired) electrons. The fraction of sp³-hybridized carbons (Fsp3) is 0.400. The Morgan fingerprint density at radius 1 is 1.40 bits per heavy atom. The van der Waals surface area contributed by atoms with E-state index in [1.54, 1.807) is 0 Å². The maximum Gasteiger partial charge on any atom is 0.261 e. The first-order valence-electron chi connectivity index (χ1n) is 6.85. The van der Waals surface area contributed by atoms with Gasteiger partial charge >= 0.3 is 0 Å². The van der Waals surface area contributed by atoms with Crippen LogP contribution in [-0.4, -0.2) is 29.9 Å². The Morgan fingerprint density at radius 3 is 3.10 bits per heavy atom. The third-order valence-electron chi connectivity index (χ3n) is 3.76. The number of carbonyl (C=O) groups is 1. The Hall–Kier alpha value is -1.17. The van der Waals surface area contributed by atoms with E-state index >= 15 is 0 Å².